The van der Waals surface area contributed by atoms with Gasteiger partial charge in [0.25, 0.3) is 0 Å². The van der Waals surface area contributed by atoms with E-state index in [0.717, 1.165) is 25.0 Å². The molecule has 0 N–H and O–H groups in total. The molecule has 2 fully saturated rings. The maximum absolute atomic E-state index is 4.33. The molecule has 24 heavy (non-hydrogen) atoms. The first-order chi connectivity index (χ1) is 11.7. The van der Waals surface area contributed by atoms with E-state index in [1.807, 2.05) is 22.3 Å². The lowest BCUT2D eigenvalue weighted by Gasteiger charge is -2.40. The van der Waals surface area contributed by atoms with E-state index in [0.29, 0.717) is 12.1 Å². The van der Waals surface area contributed by atoms with Gasteiger partial charge in [0.2, 0.25) is 0 Å². The number of hydrogen-bond acceptors (Lipinski definition) is 5. The van der Waals surface area contributed by atoms with Crippen molar-refractivity contribution in [3.63, 3.8) is 0 Å². The zero-order chi connectivity index (χ0) is 16.5. The Kier molecular flexibility index (Phi) is 4.70. The van der Waals surface area contributed by atoms with E-state index >= 15 is 0 Å². The summed E-state index contributed by atoms with van der Waals surface area (Å²) in [7, 11) is 0. The first-order valence-electron chi connectivity index (χ1n) is 9.05. The highest BCUT2D eigenvalue weighted by Gasteiger charge is 2.44. The van der Waals surface area contributed by atoms with E-state index in [2.05, 4.69) is 51.2 Å². The van der Waals surface area contributed by atoms with Crippen LogP contribution >= 0.6 is 11.3 Å². The predicted octanol–water partition coefficient (Wildman–Crippen LogP) is 2.71. The van der Waals surface area contributed by atoms with Gasteiger partial charge in [-0.25, -0.2) is 4.98 Å². The molecule has 2 aromatic heterocycles. The molecule has 3 atom stereocenters. The van der Waals surface area contributed by atoms with Crippen molar-refractivity contribution in [1.82, 2.24) is 24.6 Å². The van der Waals surface area contributed by atoms with Crippen LogP contribution in [0.4, 0.5) is 0 Å². The van der Waals surface area contributed by atoms with Crippen molar-refractivity contribution < 1.29 is 0 Å². The molecule has 130 valence electrons. The minimum absolute atomic E-state index is 0.586. The minimum atomic E-state index is 0.586. The smallest absolute Gasteiger partial charge is 0.137 e. The Labute approximate surface area is 148 Å². The van der Waals surface area contributed by atoms with Crippen molar-refractivity contribution in [2.24, 2.45) is 5.92 Å². The summed E-state index contributed by atoms with van der Waals surface area (Å²) in [6, 6.07) is 6.34. The van der Waals surface area contributed by atoms with Crippen LogP contribution in [0.25, 0.3) is 0 Å². The van der Waals surface area contributed by atoms with E-state index in [4.69, 9.17) is 0 Å². The van der Waals surface area contributed by atoms with Gasteiger partial charge >= 0.3 is 0 Å². The van der Waals surface area contributed by atoms with Gasteiger partial charge < -0.3 is 0 Å². The Bertz CT molecular complexity index is 624. The first-order valence-corrected chi connectivity index (χ1v) is 9.93. The molecule has 4 rings (SSSR count). The van der Waals surface area contributed by atoms with Gasteiger partial charge in [0.15, 0.2) is 0 Å². The highest BCUT2D eigenvalue weighted by atomic mass is 32.1. The van der Waals surface area contributed by atoms with Gasteiger partial charge in [0.1, 0.15) is 12.7 Å². The maximum atomic E-state index is 4.33. The molecule has 0 saturated carbocycles. The Morgan fingerprint density at radius 2 is 2.29 bits per heavy atom. The third-order valence-corrected chi connectivity index (χ3v) is 6.44. The average molecular weight is 346 g/mol. The second-order valence-electron chi connectivity index (χ2n) is 7.48. The molecule has 4 heterocycles. The van der Waals surface area contributed by atoms with Crippen LogP contribution in [0.3, 0.4) is 0 Å². The Morgan fingerprint density at radius 3 is 3.00 bits per heavy atom. The van der Waals surface area contributed by atoms with E-state index in [1.54, 1.807) is 6.33 Å². The van der Waals surface area contributed by atoms with Crippen LogP contribution in [-0.4, -0.2) is 55.8 Å². The number of nitrogens with zero attached hydrogens (tertiary/aromatic N) is 5. The summed E-state index contributed by atoms with van der Waals surface area (Å²) in [5.74, 6) is 0.787. The molecule has 0 spiro atoms. The molecule has 0 aliphatic carbocycles. The molecule has 0 radical (unpaired) electrons. The molecule has 0 aromatic carbocycles. The summed E-state index contributed by atoms with van der Waals surface area (Å²) in [5.41, 5.74) is 0. The van der Waals surface area contributed by atoms with Gasteiger partial charge in [-0.1, -0.05) is 6.07 Å². The largest absolute Gasteiger partial charge is 0.298 e. The van der Waals surface area contributed by atoms with E-state index < -0.39 is 0 Å². The Balaban J connectivity index is 1.44. The molecule has 2 aliphatic heterocycles. The van der Waals surface area contributed by atoms with Crippen LogP contribution in [0, 0.1) is 5.92 Å². The fourth-order valence-electron chi connectivity index (χ4n) is 4.74. The second-order valence-corrected chi connectivity index (χ2v) is 8.51. The lowest BCUT2D eigenvalue weighted by atomic mass is 9.92. The molecular formula is C18H27N5S. The molecule has 2 aliphatic rings. The normalized spacial score (nSPS) is 28.5. The number of piperidine rings is 1. The zero-order valence-electron chi connectivity index (χ0n) is 14.6. The summed E-state index contributed by atoms with van der Waals surface area (Å²) >= 11 is 1.88. The molecule has 5 nitrogen and oxygen atoms in total. The van der Waals surface area contributed by atoms with E-state index in [-0.39, 0.29) is 0 Å². The van der Waals surface area contributed by atoms with Crippen molar-refractivity contribution >= 4 is 11.3 Å². The molecule has 2 saturated heterocycles. The molecule has 2 aromatic rings. The van der Waals surface area contributed by atoms with Crippen LogP contribution in [0.15, 0.2) is 30.2 Å². The minimum Gasteiger partial charge on any atom is -0.298 e. The van der Waals surface area contributed by atoms with Crippen molar-refractivity contribution in [1.29, 1.82) is 0 Å². The number of aromatic nitrogens is 3. The van der Waals surface area contributed by atoms with Gasteiger partial charge in [0.05, 0.1) is 6.54 Å². The average Bonchev–Trinajstić information content (AvgIpc) is 3.27. The first kappa shape index (κ1) is 16.2. The fourth-order valence-corrected chi connectivity index (χ4v) is 5.49. The van der Waals surface area contributed by atoms with Gasteiger partial charge in [-0.15, -0.1) is 11.3 Å². The van der Waals surface area contributed by atoms with E-state index in [1.165, 1.54) is 30.8 Å². The van der Waals surface area contributed by atoms with Crippen molar-refractivity contribution in [3.8, 4) is 0 Å². The quantitative estimate of drug-likeness (QED) is 0.835. The third-order valence-electron chi connectivity index (χ3n) is 5.58. The summed E-state index contributed by atoms with van der Waals surface area (Å²) in [4.78, 5) is 11.0. The van der Waals surface area contributed by atoms with Crippen molar-refractivity contribution in [2.45, 2.75) is 57.9 Å². The van der Waals surface area contributed by atoms with Crippen molar-refractivity contribution in [3.05, 3.63) is 35.0 Å². The highest BCUT2D eigenvalue weighted by Crippen LogP contribution is 2.38. The zero-order valence-corrected chi connectivity index (χ0v) is 15.4. The maximum Gasteiger partial charge on any atom is 0.137 e. The summed E-state index contributed by atoms with van der Waals surface area (Å²) in [5, 5.41) is 6.51. The topological polar surface area (TPSA) is 37.2 Å². The van der Waals surface area contributed by atoms with E-state index in [9.17, 15) is 0 Å². The highest BCUT2D eigenvalue weighted by molar-refractivity contribution is 7.09. The number of rotatable bonds is 5. The fraction of sp³-hybridized carbons (Fsp3) is 0.667. The lowest BCUT2D eigenvalue weighted by molar-refractivity contribution is 0.0722. The van der Waals surface area contributed by atoms with Crippen LogP contribution in [-0.2, 0) is 13.1 Å². The summed E-state index contributed by atoms with van der Waals surface area (Å²) in [6.45, 7) is 9.23. The van der Waals surface area contributed by atoms with Crippen LogP contribution in [0.1, 0.15) is 31.6 Å². The number of likely N-dealkylation sites (tertiary alicyclic amines) is 2. The van der Waals surface area contributed by atoms with Gasteiger partial charge in [-0.05, 0) is 44.1 Å². The SMILES string of the molecule is CC(C)N1[C@H](Cn2cncn2)C[C@@H]2CN(Cc3cccs3)CC[C@@H]21. The molecule has 6 heteroatoms. The monoisotopic (exact) mass is 345 g/mol. The molecule has 0 unspecified atom stereocenters. The number of thiophene rings is 1. The van der Waals surface area contributed by atoms with Gasteiger partial charge in [-0.3, -0.25) is 14.5 Å². The Hall–Kier alpha value is -1.24. The summed E-state index contributed by atoms with van der Waals surface area (Å²) in [6.07, 6.45) is 6.07. The Morgan fingerprint density at radius 1 is 1.38 bits per heavy atom. The number of hydrogen-bond donors (Lipinski definition) is 0. The van der Waals surface area contributed by atoms with Gasteiger partial charge in [0, 0.05) is 42.6 Å². The van der Waals surface area contributed by atoms with Crippen molar-refractivity contribution in [2.75, 3.05) is 13.1 Å². The molecule has 0 bridgehead atoms. The standard InChI is InChI=1S/C18H27N5S/c1-14(2)23-16(10-22-13-19-12-20-22)8-15-9-21(6-5-18(15)23)11-17-4-3-7-24-17/h3-4,7,12-16,18H,5-6,8-11H2,1-2H3/t15-,16+,18+/m1/s1. The lowest BCUT2D eigenvalue weighted by Crippen LogP contribution is -2.49. The molecule has 0 amide bonds. The van der Waals surface area contributed by atoms with Gasteiger partial charge in [-0.2, -0.15) is 5.10 Å². The van der Waals surface area contributed by atoms with Crippen LogP contribution in [0.5, 0.6) is 0 Å². The second kappa shape index (κ2) is 6.94. The van der Waals surface area contributed by atoms with Crippen LogP contribution < -0.4 is 0 Å². The number of fused-ring (bicyclic) bond motifs is 1. The third kappa shape index (κ3) is 3.27. The summed E-state index contributed by atoms with van der Waals surface area (Å²) < 4.78 is 2.00. The molecular weight excluding hydrogens is 318 g/mol. The van der Waals surface area contributed by atoms with Crippen LogP contribution in [0.2, 0.25) is 0 Å². The predicted molar refractivity (Wildman–Crippen MR) is 96.9 cm³/mol.